The fourth-order valence-corrected chi connectivity index (χ4v) is 3.28. The van der Waals surface area contributed by atoms with Gasteiger partial charge in [0, 0.05) is 18.2 Å². The predicted molar refractivity (Wildman–Crippen MR) is 88.5 cm³/mol. The maximum atomic E-state index is 9.99. The molecule has 1 atom stereocenters. The molecule has 0 saturated heterocycles. The number of phenolic OH excluding ortho intramolecular Hbond substituents is 2. The number of rotatable bonds is 7. The molecule has 0 bridgehead atoms. The highest BCUT2D eigenvalue weighted by molar-refractivity contribution is 5.50. The second kappa shape index (κ2) is 7.84. The first-order chi connectivity index (χ1) is 10.5. The minimum atomic E-state index is -0.00653. The zero-order valence-electron chi connectivity index (χ0n) is 14.0. The Morgan fingerprint density at radius 1 is 1.27 bits per heavy atom. The van der Waals surface area contributed by atoms with E-state index >= 15 is 0 Å². The normalized spacial score (nSPS) is 18.0. The molecule has 0 amide bonds. The molecule has 22 heavy (non-hydrogen) atoms. The number of fused-ring (bicyclic) bond motifs is 1. The molecular formula is C18H29NO3. The summed E-state index contributed by atoms with van der Waals surface area (Å²) < 4.78 is 5.70. The van der Waals surface area contributed by atoms with Gasteiger partial charge in [-0.1, -0.05) is 13.0 Å². The van der Waals surface area contributed by atoms with Gasteiger partial charge in [-0.25, -0.2) is 0 Å². The highest BCUT2D eigenvalue weighted by Crippen LogP contribution is 2.36. The van der Waals surface area contributed by atoms with Crippen molar-refractivity contribution in [3.8, 4) is 11.5 Å². The van der Waals surface area contributed by atoms with Gasteiger partial charge < -0.3 is 14.9 Å². The van der Waals surface area contributed by atoms with Crippen LogP contribution in [0.3, 0.4) is 0 Å². The van der Waals surface area contributed by atoms with Crippen LogP contribution in [0.25, 0.3) is 0 Å². The van der Waals surface area contributed by atoms with Crippen LogP contribution in [-0.4, -0.2) is 47.0 Å². The molecule has 0 aromatic heterocycles. The van der Waals surface area contributed by atoms with E-state index < -0.39 is 0 Å². The third kappa shape index (κ3) is 4.14. The van der Waals surface area contributed by atoms with Gasteiger partial charge in [0.15, 0.2) is 11.5 Å². The maximum Gasteiger partial charge on any atom is 0.160 e. The minimum absolute atomic E-state index is 0.00653. The summed E-state index contributed by atoms with van der Waals surface area (Å²) >= 11 is 0. The molecule has 0 spiro atoms. The molecule has 1 aromatic rings. The van der Waals surface area contributed by atoms with Crippen LogP contribution in [0, 0.1) is 0 Å². The molecule has 0 heterocycles. The Balaban J connectivity index is 2.02. The Kier molecular flexibility index (Phi) is 6.09. The van der Waals surface area contributed by atoms with Crippen molar-refractivity contribution >= 4 is 0 Å². The van der Waals surface area contributed by atoms with Crippen LogP contribution in [0.2, 0.25) is 0 Å². The number of ether oxygens (including phenoxy) is 1. The highest BCUT2D eigenvalue weighted by Gasteiger charge is 2.26. The smallest absolute Gasteiger partial charge is 0.160 e. The molecule has 1 unspecified atom stereocenters. The molecule has 2 N–H and O–H groups in total. The van der Waals surface area contributed by atoms with Gasteiger partial charge in [-0.15, -0.1) is 0 Å². The second-order valence-electron chi connectivity index (χ2n) is 6.42. The Bertz CT molecular complexity index is 487. The quantitative estimate of drug-likeness (QED) is 0.760. The molecule has 1 aliphatic carbocycles. The van der Waals surface area contributed by atoms with Crippen molar-refractivity contribution in [3.63, 3.8) is 0 Å². The van der Waals surface area contributed by atoms with E-state index in [-0.39, 0.29) is 17.6 Å². The van der Waals surface area contributed by atoms with Gasteiger partial charge in [0.05, 0.1) is 12.7 Å². The van der Waals surface area contributed by atoms with Crippen molar-refractivity contribution in [2.45, 2.75) is 58.6 Å². The van der Waals surface area contributed by atoms with E-state index in [1.165, 1.54) is 0 Å². The van der Waals surface area contributed by atoms with Crippen molar-refractivity contribution in [3.05, 3.63) is 23.3 Å². The monoisotopic (exact) mass is 307 g/mol. The Labute approximate surface area is 133 Å². The summed E-state index contributed by atoms with van der Waals surface area (Å²) in [7, 11) is 0. The van der Waals surface area contributed by atoms with Gasteiger partial charge in [-0.2, -0.15) is 0 Å². The Hall–Kier alpha value is -1.26. The summed E-state index contributed by atoms with van der Waals surface area (Å²) in [5, 5.41) is 19.6. The first-order valence-electron chi connectivity index (χ1n) is 8.41. The molecule has 124 valence electrons. The van der Waals surface area contributed by atoms with Crippen LogP contribution in [-0.2, 0) is 17.6 Å². The number of benzene rings is 1. The van der Waals surface area contributed by atoms with Gasteiger partial charge >= 0.3 is 0 Å². The summed E-state index contributed by atoms with van der Waals surface area (Å²) in [6.45, 7) is 9.13. The second-order valence-corrected chi connectivity index (χ2v) is 6.42. The molecule has 0 saturated carbocycles. The molecule has 4 heteroatoms. The van der Waals surface area contributed by atoms with Crippen molar-refractivity contribution in [2.24, 2.45) is 0 Å². The first kappa shape index (κ1) is 17.1. The summed E-state index contributed by atoms with van der Waals surface area (Å²) in [4.78, 5) is 2.51. The summed E-state index contributed by atoms with van der Waals surface area (Å²) in [6, 6.07) is 4.04. The number of nitrogens with zero attached hydrogens (tertiary/aromatic N) is 1. The number of aromatic hydroxyl groups is 2. The molecule has 0 radical (unpaired) electrons. The number of hydrogen-bond acceptors (Lipinski definition) is 4. The molecule has 0 fully saturated rings. The van der Waals surface area contributed by atoms with Crippen LogP contribution >= 0.6 is 0 Å². The van der Waals surface area contributed by atoms with Crippen LogP contribution < -0.4 is 0 Å². The van der Waals surface area contributed by atoms with Gasteiger partial charge in [0.1, 0.15) is 0 Å². The van der Waals surface area contributed by atoms with Crippen molar-refractivity contribution in [1.29, 1.82) is 0 Å². The summed E-state index contributed by atoms with van der Waals surface area (Å²) in [6.07, 6.45) is 4.18. The molecule has 1 aliphatic rings. The average molecular weight is 307 g/mol. The van der Waals surface area contributed by atoms with Crippen LogP contribution in [0.4, 0.5) is 0 Å². The van der Waals surface area contributed by atoms with E-state index in [4.69, 9.17) is 4.74 Å². The lowest BCUT2D eigenvalue weighted by Gasteiger charge is -2.35. The largest absolute Gasteiger partial charge is 0.504 e. The zero-order valence-corrected chi connectivity index (χ0v) is 14.0. The molecule has 1 aromatic carbocycles. The first-order valence-corrected chi connectivity index (χ1v) is 8.41. The molecule has 0 aliphatic heterocycles. The molecule has 2 rings (SSSR count). The number of phenols is 2. The van der Waals surface area contributed by atoms with Crippen LogP contribution in [0.15, 0.2) is 12.1 Å². The highest BCUT2D eigenvalue weighted by atomic mass is 16.5. The van der Waals surface area contributed by atoms with E-state index in [1.807, 2.05) is 6.07 Å². The lowest BCUT2D eigenvalue weighted by molar-refractivity contribution is 0.0465. The third-order valence-electron chi connectivity index (χ3n) is 4.40. The maximum absolute atomic E-state index is 9.99. The van der Waals surface area contributed by atoms with Crippen molar-refractivity contribution in [1.82, 2.24) is 4.90 Å². The summed E-state index contributed by atoms with van der Waals surface area (Å²) in [5.41, 5.74) is 2.09. The fourth-order valence-electron chi connectivity index (χ4n) is 3.28. The van der Waals surface area contributed by atoms with E-state index in [9.17, 15) is 10.2 Å². The van der Waals surface area contributed by atoms with E-state index in [0.29, 0.717) is 6.04 Å². The van der Waals surface area contributed by atoms with Crippen LogP contribution in [0.5, 0.6) is 11.5 Å². The zero-order chi connectivity index (χ0) is 16.1. The van der Waals surface area contributed by atoms with Gasteiger partial charge in [0.25, 0.3) is 0 Å². The number of hydrogen-bond donors (Lipinski definition) is 2. The van der Waals surface area contributed by atoms with E-state index in [2.05, 4.69) is 25.7 Å². The molecular weight excluding hydrogens is 278 g/mol. The standard InChI is InChI=1S/C18H29NO3/c1-4-9-19(10-11-22-13(2)3)15-6-7-16-14(12-15)5-8-17(20)18(16)21/h5,8,13,15,20-21H,4,6-7,9-12H2,1-3H3. The average Bonchev–Trinajstić information content (AvgIpc) is 2.49. The predicted octanol–water partition coefficient (Wildman–Crippen LogP) is 3.09. The third-order valence-corrected chi connectivity index (χ3v) is 4.40. The van der Waals surface area contributed by atoms with Crippen LogP contribution in [0.1, 0.15) is 44.7 Å². The SMILES string of the molecule is CCCN(CCOC(C)C)C1CCc2c(ccc(O)c2O)C1. The Morgan fingerprint density at radius 2 is 2.05 bits per heavy atom. The fraction of sp³-hybridized carbons (Fsp3) is 0.667. The van der Waals surface area contributed by atoms with Crippen molar-refractivity contribution in [2.75, 3.05) is 19.7 Å². The molecule has 4 nitrogen and oxygen atoms in total. The van der Waals surface area contributed by atoms with E-state index in [0.717, 1.165) is 56.5 Å². The van der Waals surface area contributed by atoms with Gasteiger partial charge in [-0.3, -0.25) is 4.90 Å². The lowest BCUT2D eigenvalue weighted by Crippen LogP contribution is -2.42. The van der Waals surface area contributed by atoms with Gasteiger partial charge in [0.2, 0.25) is 0 Å². The topological polar surface area (TPSA) is 52.9 Å². The van der Waals surface area contributed by atoms with Gasteiger partial charge in [-0.05, 0) is 57.7 Å². The minimum Gasteiger partial charge on any atom is -0.504 e. The Morgan fingerprint density at radius 3 is 2.73 bits per heavy atom. The van der Waals surface area contributed by atoms with E-state index in [1.54, 1.807) is 6.07 Å². The summed E-state index contributed by atoms with van der Waals surface area (Å²) in [5.74, 6) is 0.0640. The lowest BCUT2D eigenvalue weighted by atomic mass is 9.86. The van der Waals surface area contributed by atoms with Crippen molar-refractivity contribution < 1.29 is 14.9 Å².